The van der Waals surface area contributed by atoms with Gasteiger partial charge in [0.1, 0.15) is 5.82 Å². The van der Waals surface area contributed by atoms with Gasteiger partial charge in [-0.2, -0.15) is 0 Å². The van der Waals surface area contributed by atoms with E-state index in [1.807, 2.05) is 15.9 Å². The molecule has 0 aliphatic carbocycles. The van der Waals surface area contributed by atoms with Crippen molar-refractivity contribution < 1.29 is 14.0 Å². The number of rotatable bonds is 8. The lowest BCUT2D eigenvalue weighted by molar-refractivity contribution is -0.143. The molecule has 1 aromatic heterocycles. The predicted octanol–water partition coefficient (Wildman–Crippen LogP) is 4.72. The second-order valence-corrected chi connectivity index (χ2v) is 10.4. The van der Waals surface area contributed by atoms with E-state index in [1.165, 1.54) is 16.5 Å². The number of fused-ring (bicyclic) bond motifs is 1. The van der Waals surface area contributed by atoms with Crippen LogP contribution in [0.25, 0.3) is 0 Å². The number of halogens is 1. The molecule has 184 valence electrons. The van der Waals surface area contributed by atoms with Crippen molar-refractivity contribution in [3.05, 3.63) is 57.5 Å². The van der Waals surface area contributed by atoms with Crippen LogP contribution in [0.4, 0.5) is 4.39 Å². The largest absolute Gasteiger partial charge is 0.339 e. The normalized spacial score (nSPS) is 19.7. The molecule has 0 N–H and O–H groups in total. The molecule has 7 heteroatoms. The smallest absolute Gasteiger partial charge is 0.236 e. The van der Waals surface area contributed by atoms with Crippen molar-refractivity contribution >= 4 is 23.2 Å². The summed E-state index contributed by atoms with van der Waals surface area (Å²) < 4.78 is 14.0. The first-order valence-electron chi connectivity index (χ1n) is 12.6. The van der Waals surface area contributed by atoms with Crippen molar-refractivity contribution in [1.82, 2.24) is 14.7 Å². The summed E-state index contributed by atoms with van der Waals surface area (Å²) in [7, 11) is 0. The average molecular weight is 486 g/mol. The third kappa shape index (κ3) is 5.52. The lowest BCUT2D eigenvalue weighted by Crippen LogP contribution is -2.54. The van der Waals surface area contributed by atoms with E-state index < -0.39 is 0 Å². The molecular weight excluding hydrogens is 449 g/mol. The summed E-state index contributed by atoms with van der Waals surface area (Å²) in [5.74, 6) is 0.180. The third-order valence-corrected chi connectivity index (χ3v) is 8.26. The standard InChI is InChI=1S/C27H36FN3O2S/c1-3-5-7-20(4-2)27(33)30-15-13-29(14-16-30)25(32)19-31-12-10-24-23(11-17-34-24)26(31)21-8-6-9-22(28)18-21/h6,8-9,11,17-18,20,26H,3-5,7,10,12-16,19H2,1-2H3/t20-,26-/m0/s1. The van der Waals surface area contributed by atoms with Gasteiger partial charge in [0.15, 0.2) is 0 Å². The van der Waals surface area contributed by atoms with Crippen molar-refractivity contribution in [2.24, 2.45) is 5.92 Å². The van der Waals surface area contributed by atoms with Crippen LogP contribution in [-0.2, 0) is 16.0 Å². The van der Waals surface area contributed by atoms with Crippen LogP contribution in [0.2, 0.25) is 0 Å². The minimum absolute atomic E-state index is 0.0882. The Morgan fingerprint density at radius 3 is 2.56 bits per heavy atom. The molecule has 1 fully saturated rings. The third-order valence-electron chi connectivity index (χ3n) is 7.26. The fraction of sp³-hybridized carbons (Fsp3) is 0.556. The Labute approximate surface area is 206 Å². The molecule has 2 aromatic rings. The van der Waals surface area contributed by atoms with E-state index >= 15 is 0 Å². The van der Waals surface area contributed by atoms with Gasteiger partial charge in [-0.05, 0) is 54.0 Å². The van der Waals surface area contributed by atoms with Gasteiger partial charge in [-0.25, -0.2) is 4.39 Å². The molecule has 2 atom stereocenters. The highest BCUT2D eigenvalue weighted by atomic mass is 32.1. The minimum Gasteiger partial charge on any atom is -0.339 e. The molecule has 0 unspecified atom stereocenters. The zero-order valence-corrected chi connectivity index (χ0v) is 21.2. The summed E-state index contributed by atoms with van der Waals surface area (Å²) >= 11 is 1.74. The van der Waals surface area contributed by atoms with Crippen molar-refractivity contribution in [3.8, 4) is 0 Å². The number of benzene rings is 1. The maximum atomic E-state index is 14.0. The second-order valence-electron chi connectivity index (χ2n) is 9.43. The van der Waals surface area contributed by atoms with E-state index in [2.05, 4.69) is 30.2 Å². The summed E-state index contributed by atoms with van der Waals surface area (Å²) in [6, 6.07) is 8.74. The number of hydrogen-bond donors (Lipinski definition) is 0. The molecule has 2 aliphatic heterocycles. The number of amides is 2. The molecule has 2 aliphatic rings. The van der Waals surface area contributed by atoms with Crippen molar-refractivity contribution in [2.75, 3.05) is 39.3 Å². The number of unbranched alkanes of at least 4 members (excludes halogenated alkanes) is 1. The maximum absolute atomic E-state index is 14.0. The summed E-state index contributed by atoms with van der Waals surface area (Å²) in [6.07, 6.45) is 4.92. The molecule has 0 saturated carbocycles. The van der Waals surface area contributed by atoms with Crippen LogP contribution >= 0.6 is 11.3 Å². The summed E-state index contributed by atoms with van der Waals surface area (Å²) in [5, 5.41) is 2.09. The molecule has 5 nitrogen and oxygen atoms in total. The van der Waals surface area contributed by atoms with Crippen molar-refractivity contribution in [2.45, 2.75) is 52.0 Å². The first kappa shape index (κ1) is 24.9. The van der Waals surface area contributed by atoms with Gasteiger partial charge < -0.3 is 9.80 Å². The van der Waals surface area contributed by atoms with Gasteiger partial charge in [0.25, 0.3) is 0 Å². The lowest BCUT2D eigenvalue weighted by Gasteiger charge is -2.39. The quantitative estimate of drug-likeness (QED) is 0.543. The topological polar surface area (TPSA) is 43.9 Å². The number of thiophene rings is 1. The second kappa shape index (κ2) is 11.5. The number of carbonyl (C=O) groups is 2. The van der Waals surface area contributed by atoms with E-state index in [-0.39, 0.29) is 29.6 Å². The van der Waals surface area contributed by atoms with E-state index in [1.54, 1.807) is 23.5 Å². The molecule has 1 saturated heterocycles. The van der Waals surface area contributed by atoms with Crippen LogP contribution in [-0.4, -0.2) is 65.8 Å². The van der Waals surface area contributed by atoms with Crippen LogP contribution in [0.5, 0.6) is 0 Å². The molecule has 0 spiro atoms. The number of piperazine rings is 1. The van der Waals surface area contributed by atoms with Crippen molar-refractivity contribution in [3.63, 3.8) is 0 Å². The summed E-state index contributed by atoms with van der Waals surface area (Å²) in [5.41, 5.74) is 2.07. The van der Waals surface area contributed by atoms with Crippen LogP contribution < -0.4 is 0 Å². The summed E-state index contributed by atoms with van der Waals surface area (Å²) in [6.45, 7) is 7.69. The zero-order valence-electron chi connectivity index (χ0n) is 20.3. The Balaban J connectivity index is 1.39. The molecule has 34 heavy (non-hydrogen) atoms. The van der Waals surface area contributed by atoms with E-state index in [0.717, 1.165) is 44.2 Å². The molecule has 0 radical (unpaired) electrons. The minimum atomic E-state index is -0.253. The summed E-state index contributed by atoms with van der Waals surface area (Å²) in [4.78, 5) is 33.5. The first-order valence-corrected chi connectivity index (χ1v) is 13.5. The van der Waals surface area contributed by atoms with Crippen LogP contribution in [0.3, 0.4) is 0 Å². The molecule has 2 amide bonds. The molecule has 1 aromatic carbocycles. The van der Waals surface area contributed by atoms with Gasteiger partial charge in [-0.1, -0.05) is 38.8 Å². The van der Waals surface area contributed by atoms with Crippen LogP contribution in [0, 0.1) is 11.7 Å². The molecule has 4 rings (SSSR count). The monoisotopic (exact) mass is 485 g/mol. The van der Waals surface area contributed by atoms with Gasteiger partial charge >= 0.3 is 0 Å². The Morgan fingerprint density at radius 2 is 1.85 bits per heavy atom. The Bertz CT molecular complexity index is 986. The van der Waals surface area contributed by atoms with Gasteiger partial charge in [0, 0.05) is 43.5 Å². The Hall–Kier alpha value is -2.25. The number of carbonyl (C=O) groups excluding carboxylic acids is 2. The molecule has 3 heterocycles. The Morgan fingerprint density at radius 1 is 1.09 bits per heavy atom. The van der Waals surface area contributed by atoms with Gasteiger partial charge in [0.05, 0.1) is 12.6 Å². The fourth-order valence-corrected chi connectivity index (χ4v) is 6.17. The van der Waals surface area contributed by atoms with Crippen LogP contribution in [0.15, 0.2) is 35.7 Å². The fourth-order valence-electron chi connectivity index (χ4n) is 5.27. The van der Waals surface area contributed by atoms with Gasteiger partial charge in [0.2, 0.25) is 11.8 Å². The van der Waals surface area contributed by atoms with E-state index in [0.29, 0.717) is 32.7 Å². The zero-order chi connectivity index (χ0) is 24.1. The number of hydrogen-bond acceptors (Lipinski definition) is 4. The van der Waals surface area contributed by atoms with Crippen LogP contribution in [0.1, 0.15) is 61.6 Å². The van der Waals surface area contributed by atoms with Gasteiger partial charge in [-0.15, -0.1) is 11.3 Å². The number of nitrogens with zero attached hydrogens (tertiary/aromatic N) is 3. The lowest BCUT2D eigenvalue weighted by atomic mass is 9.93. The van der Waals surface area contributed by atoms with Gasteiger partial charge in [-0.3, -0.25) is 14.5 Å². The highest BCUT2D eigenvalue weighted by Crippen LogP contribution is 2.37. The Kier molecular flexibility index (Phi) is 8.37. The first-order chi connectivity index (χ1) is 16.5. The highest BCUT2D eigenvalue weighted by Gasteiger charge is 2.33. The van der Waals surface area contributed by atoms with E-state index in [4.69, 9.17) is 0 Å². The predicted molar refractivity (Wildman–Crippen MR) is 134 cm³/mol. The highest BCUT2D eigenvalue weighted by molar-refractivity contribution is 7.10. The average Bonchev–Trinajstić information content (AvgIpc) is 3.33. The van der Waals surface area contributed by atoms with Crippen molar-refractivity contribution in [1.29, 1.82) is 0 Å². The SMILES string of the molecule is CCCC[C@H](CC)C(=O)N1CCN(C(=O)CN2CCc3sccc3[C@@H]2c2cccc(F)c2)CC1. The molecule has 0 bridgehead atoms. The molecular formula is C27H36FN3O2S. The maximum Gasteiger partial charge on any atom is 0.236 e. The van der Waals surface area contributed by atoms with E-state index in [9.17, 15) is 14.0 Å².